The van der Waals surface area contributed by atoms with E-state index in [0.717, 1.165) is 30.7 Å². The summed E-state index contributed by atoms with van der Waals surface area (Å²) in [6.07, 6.45) is 3.01. The molecule has 0 aromatic carbocycles. The van der Waals surface area contributed by atoms with Crippen molar-refractivity contribution in [3.63, 3.8) is 0 Å². The van der Waals surface area contributed by atoms with Gasteiger partial charge in [-0.2, -0.15) is 0 Å². The van der Waals surface area contributed by atoms with Crippen molar-refractivity contribution in [3.8, 4) is 0 Å². The normalized spacial score (nSPS) is 20.2. The Balaban J connectivity index is 2.48. The molecule has 0 bridgehead atoms. The third-order valence-electron chi connectivity index (χ3n) is 1.85. The summed E-state index contributed by atoms with van der Waals surface area (Å²) in [4.78, 5) is 5.39. The van der Waals surface area contributed by atoms with Crippen LogP contribution in [0.15, 0.2) is 10.7 Å². The van der Waals surface area contributed by atoms with Crippen LogP contribution < -0.4 is 0 Å². The van der Waals surface area contributed by atoms with E-state index in [2.05, 4.69) is 10.1 Å². The topological polar surface area (TPSA) is 45.5 Å². The zero-order valence-corrected chi connectivity index (χ0v) is 6.77. The molecule has 58 valence electrons. The van der Waals surface area contributed by atoms with Crippen LogP contribution in [-0.2, 0) is 6.42 Å². The van der Waals surface area contributed by atoms with E-state index >= 15 is 0 Å². The van der Waals surface area contributed by atoms with Gasteiger partial charge in [-0.15, -0.1) is 11.3 Å². The molecule has 0 saturated heterocycles. The molecule has 1 aromatic heterocycles. The Morgan fingerprint density at radius 3 is 3.27 bits per heavy atom. The van der Waals surface area contributed by atoms with Gasteiger partial charge in [0.2, 0.25) is 0 Å². The van der Waals surface area contributed by atoms with E-state index in [-0.39, 0.29) is 0 Å². The lowest BCUT2D eigenvalue weighted by atomic mass is 10.0. The molecule has 3 nitrogen and oxygen atoms in total. The number of aryl methyl sites for hydroxylation is 1. The van der Waals surface area contributed by atoms with Gasteiger partial charge in [0.15, 0.2) is 0 Å². The zero-order valence-electron chi connectivity index (χ0n) is 5.95. The lowest BCUT2D eigenvalue weighted by Gasteiger charge is -2.09. The smallest absolute Gasteiger partial charge is 0.106 e. The van der Waals surface area contributed by atoms with Crippen LogP contribution in [0.25, 0.3) is 0 Å². The SMILES string of the molecule is ON=C1CCCc2scnc21. The lowest BCUT2D eigenvalue weighted by molar-refractivity contribution is 0.317. The summed E-state index contributed by atoms with van der Waals surface area (Å²) in [5, 5.41) is 11.8. The van der Waals surface area contributed by atoms with E-state index in [1.54, 1.807) is 16.8 Å². The fourth-order valence-corrected chi connectivity index (χ4v) is 2.15. The molecule has 1 heterocycles. The van der Waals surface area contributed by atoms with Crippen LogP contribution in [0.4, 0.5) is 0 Å². The summed E-state index contributed by atoms with van der Waals surface area (Å²) < 4.78 is 0. The molecule has 0 radical (unpaired) electrons. The zero-order chi connectivity index (χ0) is 7.68. The molecular formula is C7H8N2OS. The van der Waals surface area contributed by atoms with Gasteiger partial charge >= 0.3 is 0 Å². The van der Waals surface area contributed by atoms with Crippen LogP contribution in [0.5, 0.6) is 0 Å². The summed E-state index contributed by atoms with van der Waals surface area (Å²) in [5.41, 5.74) is 3.46. The molecule has 0 atom stereocenters. The number of fused-ring (bicyclic) bond motifs is 1. The minimum atomic E-state index is 0.743. The van der Waals surface area contributed by atoms with Gasteiger partial charge in [0, 0.05) is 4.88 Å². The first-order valence-corrected chi connectivity index (χ1v) is 4.43. The molecule has 11 heavy (non-hydrogen) atoms. The van der Waals surface area contributed by atoms with Gasteiger partial charge in [0.1, 0.15) is 11.4 Å². The molecule has 0 fully saturated rings. The van der Waals surface area contributed by atoms with Gasteiger partial charge in [0.25, 0.3) is 0 Å². The quantitative estimate of drug-likeness (QED) is 0.473. The Bertz CT molecular complexity index is 292. The number of oxime groups is 1. The Morgan fingerprint density at radius 1 is 1.55 bits per heavy atom. The van der Waals surface area contributed by atoms with Crippen LogP contribution in [0.1, 0.15) is 23.4 Å². The molecule has 0 unspecified atom stereocenters. The van der Waals surface area contributed by atoms with Crippen molar-refractivity contribution < 1.29 is 5.21 Å². The summed E-state index contributed by atoms with van der Waals surface area (Å²) in [6, 6.07) is 0. The number of thiazole rings is 1. The third-order valence-corrected chi connectivity index (χ3v) is 2.75. The van der Waals surface area contributed by atoms with E-state index in [0.29, 0.717) is 0 Å². The maximum Gasteiger partial charge on any atom is 0.106 e. The predicted molar refractivity (Wildman–Crippen MR) is 43.4 cm³/mol. The minimum Gasteiger partial charge on any atom is -0.411 e. The highest BCUT2D eigenvalue weighted by Gasteiger charge is 2.17. The molecule has 1 aliphatic carbocycles. The summed E-state index contributed by atoms with van der Waals surface area (Å²) in [5.74, 6) is 0. The van der Waals surface area contributed by atoms with Crippen molar-refractivity contribution in [1.82, 2.24) is 4.98 Å². The average Bonchev–Trinajstić information content (AvgIpc) is 2.50. The van der Waals surface area contributed by atoms with E-state index in [4.69, 9.17) is 5.21 Å². The molecule has 0 aliphatic heterocycles. The fourth-order valence-electron chi connectivity index (χ4n) is 1.32. The number of hydrogen-bond donors (Lipinski definition) is 1. The predicted octanol–water partition coefficient (Wildman–Crippen LogP) is 1.66. The second kappa shape index (κ2) is 2.62. The monoisotopic (exact) mass is 168 g/mol. The maximum absolute atomic E-state index is 8.61. The van der Waals surface area contributed by atoms with Gasteiger partial charge in [0.05, 0.1) is 5.51 Å². The molecule has 4 heteroatoms. The van der Waals surface area contributed by atoms with Gasteiger partial charge in [-0.3, -0.25) is 0 Å². The average molecular weight is 168 g/mol. The highest BCUT2D eigenvalue weighted by atomic mass is 32.1. The first kappa shape index (κ1) is 6.79. The highest BCUT2D eigenvalue weighted by molar-refractivity contribution is 7.10. The van der Waals surface area contributed by atoms with Crippen molar-refractivity contribution >= 4 is 17.0 Å². The molecule has 0 saturated carbocycles. The summed E-state index contributed by atoms with van der Waals surface area (Å²) >= 11 is 1.64. The van der Waals surface area contributed by atoms with Crippen LogP contribution in [0.3, 0.4) is 0 Å². The Hall–Kier alpha value is -0.900. The van der Waals surface area contributed by atoms with Crippen LogP contribution in [0.2, 0.25) is 0 Å². The van der Waals surface area contributed by atoms with E-state index in [9.17, 15) is 0 Å². The van der Waals surface area contributed by atoms with Crippen molar-refractivity contribution in [3.05, 3.63) is 16.1 Å². The number of rotatable bonds is 0. The second-order valence-electron chi connectivity index (χ2n) is 2.52. The molecule has 1 aliphatic rings. The number of nitrogens with zero attached hydrogens (tertiary/aromatic N) is 2. The highest BCUT2D eigenvalue weighted by Crippen LogP contribution is 2.23. The van der Waals surface area contributed by atoms with E-state index < -0.39 is 0 Å². The van der Waals surface area contributed by atoms with Crippen LogP contribution in [0, 0.1) is 0 Å². The molecule has 1 N–H and O–H groups in total. The van der Waals surface area contributed by atoms with Gasteiger partial charge in [-0.1, -0.05) is 5.16 Å². The summed E-state index contributed by atoms with van der Waals surface area (Å²) in [7, 11) is 0. The van der Waals surface area contributed by atoms with Gasteiger partial charge in [-0.05, 0) is 19.3 Å². The van der Waals surface area contributed by atoms with E-state index in [1.165, 1.54) is 4.88 Å². The fraction of sp³-hybridized carbons (Fsp3) is 0.429. The molecule has 0 amide bonds. The first-order valence-electron chi connectivity index (χ1n) is 3.55. The van der Waals surface area contributed by atoms with Crippen molar-refractivity contribution in [2.75, 3.05) is 0 Å². The van der Waals surface area contributed by atoms with E-state index in [1.807, 2.05) is 0 Å². The largest absolute Gasteiger partial charge is 0.411 e. The van der Waals surface area contributed by atoms with Crippen molar-refractivity contribution in [2.45, 2.75) is 19.3 Å². The number of aromatic nitrogens is 1. The standard InChI is InChI=1S/C7H8N2OS/c10-9-5-2-1-3-6-7(5)8-4-11-6/h4,10H,1-3H2. The Morgan fingerprint density at radius 2 is 2.45 bits per heavy atom. The van der Waals surface area contributed by atoms with Crippen molar-refractivity contribution in [1.29, 1.82) is 0 Å². The number of hydrogen-bond acceptors (Lipinski definition) is 4. The lowest BCUT2D eigenvalue weighted by Crippen LogP contribution is -2.10. The molecule has 0 spiro atoms. The van der Waals surface area contributed by atoms with Gasteiger partial charge in [-0.25, -0.2) is 4.98 Å². The third kappa shape index (κ3) is 1.03. The van der Waals surface area contributed by atoms with Crippen LogP contribution >= 0.6 is 11.3 Å². The van der Waals surface area contributed by atoms with Crippen molar-refractivity contribution in [2.24, 2.45) is 5.16 Å². The first-order chi connectivity index (χ1) is 5.42. The maximum atomic E-state index is 8.61. The Kier molecular flexibility index (Phi) is 1.62. The summed E-state index contributed by atoms with van der Waals surface area (Å²) in [6.45, 7) is 0. The second-order valence-corrected chi connectivity index (χ2v) is 3.46. The van der Waals surface area contributed by atoms with Crippen LogP contribution in [-0.4, -0.2) is 15.9 Å². The molecule has 1 aromatic rings. The minimum absolute atomic E-state index is 0.743. The molecule has 2 rings (SSSR count). The van der Waals surface area contributed by atoms with Gasteiger partial charge < -0.3 is 5.21 Å². The Labute approximate surface area is 68.4 Å². The molecular weight excluding hydrogens is 160 g/mol.